The molecule has 1 aliphatic heterocycles. The van der Waals surface area contributed by atoms with E-state index in [0.29, 0.717) is 10.6 Å². The van der Waals surface area contributed by atoms with Crippen LogP contribution < -0.4 is 4.90 Å². The van der Waals surface area contributed by atoms with Crippen molar-refractivity contribution in [2.24, 2.45) is 5.41 Å². The minimum Gasteiger partial charge on any atom is -0.367 e. The predicted molar refractivity (Wildman–Crippen MR) is 85.8 cm³/mol. The monoisotopic (exact) mass is 291 g/mol. The summed E-state index contributed by atoms with van der Waals surface area (Å²) in [5.74, 6) is 0.00936. The van der Waals surface area contributed by atoms with E-state index in [2.05, 4.69) is 31.7 Å². The number of rotatable bonds is 2. The first-order valence-electron chi connectivity index (χ1n) is 7.04. The van der Waals surface area contributed by atoms with Gasteiger partial charge in [0, 0.05) is 24.3 Å². The highest BCUT2D eigenvalue weighted by atomic mass is 35.5. The maximum absolute atomic E-state index is 11.4. The third-order valence-electron chi connectivity index (χ3n) is 3.87. The summed E-state index contributed by atoms with van der Waals surface area (Å²) >= 11 is 6.18. The minimum absolute atomic E-state index is 0.00936. The van der Waals surface area contributed by atoms with Gasteiger partial charge in [0.25, 0.3) is 0 Å². The van der Waals surface area contributed by atoms with Crippen LogP contribution in [0, 0.1) is 5.41 Å². The van der Waals surface area contributed by atoms with E-state index in [1.807, 2.05) is 18.2 Å². The zero-order chi connectivity index (χ0) is 14.9. The normalized spacial score (nSPS) is 16.1. The summed E-state index contributed by atoms with van der Waals surface area (Å²) in [7, 11) is 0. The van der Waals surface area contributed by atoms with Crippen LogP contribution in [0.5, 0.6) is 0 Å². The molecule has 0 radical (unpaired) electrons. The summed E-state index contributed by atoms with van der Waals surface area (Å²) in [6, 6.07) is 5.70. The lowest BCUT2D eigenvalue weighted by molar-refractivity contribution is 0.101. The summed E-state index contributed by atoms with van der Waals surface area (Å²) in [6.45, 7) is 10.2. The van der Waals surface area contributed by atoms with Gasteiger partial charge in [-0.05, 0) is 37.0 Å². The molecule has 0 amide bonds. The van der Waals surface area contributed by atoms with Crippen molar-refractivity contribution in [3.8, 4) is 0 Å². The molecule has 0 saturated heterocycles. The van der Waals surface area contributed by atoms with Crippen molar-refractivity contribution in [1.29, 1.82) is 0 Å². The first-order chi connectivity index (χ1) is 9.29. The number of carbonyl (C=O) groups is 1. The fraction of sp³-hybridized carbons (Fsp3) is 0.471. The van der Waals surface area contributed by atoms with Crippen LogP contribution in [0.4, 0.5) is 5.69 Å². The molecule has 1 aromatic carbocycles. The average molecular weight is 292 g/mol. The molecule has 0 aromatic heterocycles. The van der Waals surface area contributed by atoms with E-state index >= 15 is 0 Å². The lowest BCUT2D eigenvalue weighted by Gasteiger charge is -2.33. The summed E-state index contributed by atoms with van der Waals surface area (Å²) in [4.78, 5) is 13.7. The molecule has 0 unspecified atom stereocenters. The van der Waals surface area contributed by atoms with Crippen LogP contribution in [0.1, 0.15) is 44.5 Å². The van der Waals surface area contributed by atoms with Crippen molar-refractivity contribution in [2.75, 3.05) is 18.0 Å². The number of ketones is 1. The standard InChI is InChI=1S/C17H22ClNO/c1-12(20)15-6-5-14(11-16(15)18)19-9-7-13(8-10-19)17(2,3)4/h5-7,11H,8-10H2,1-4H3. The number of halogens is 1. The van der Waals surface area contributed by atoms with Crippen molar-refractivity contribution in [3.05, 3.63) is 40.4 Å². The van der Waals surface area contributed by atoms with Gasteiger partial charge in [-0.25, -0.2) is 0 Å². The lowest BCUT2D eigenvalue weighted by Crippen LogP contribution is -2.31. The molecular weight excluding hydrogens is 270 g/mol. The number of hydrogen-bond acceptors (Lipinski definition) is 2. The van der Waals surface area contributed by atoms with Crippen LogP contribution in [0.25, 0.3) is 0 Å². The van der Waals surface area contributed by atoms with E-state index < -0.39 is 0 Å². The van der Waals surface area contributed by atoms with E-state index in [1.165, 1.54) is 5.57 Å². The lowest BCUT2D eigenvalue weighted by atomic mass is 9.83. The van der Waals surface area contributed by atoms with Crippen molar-refractivity contribution in [2.45, 2.75) is 34.1 Å². The Bertz CT molecular complexity index is 555. The van der Waals surface area contributed by atoms with Crippen LogP contribution in [-0.2, 0) is 0 Å². The highest BCUT2D eigenvalue weighted by molar-refractivity contribution is 6.34. The van der Waals surface area contributed by atoms with Crippen LogP contribution in [0.3, 0.4) is 0 Å². The number of Topliss-reactive ketones (excluding diaryl/α,β-unsaturated/α-hetero) is 1. The maximum Gasteiger partial charge on any atom is 0.161 e. The van der Waals surface area contributed by atoms with Gasteiger partial charge in [0.15, 0.2) is 5.78 Å². The first kappa shape index (κ1) is 15.1. The molecule has 1 aromatic rings. The molecule has 0 atom stereocenters. The molecule has 20 heavy (non-hydrogen) atoms. The number of anilines is 1. The smallest absolute Gasteiger partial charge is 0.161 e. The molecule has 0 N–H and O–H groups in total. The van der Waals surface area contributed by atoms with E-state index in [0.717, 1.165) is 25.2 Å². The largest absolute Gasteiger partial charge is 0.367 e. The Morgan fingerprint density at radius 1 is 1.30 bits per heavy atom. The topological polar surface area (TPSA) is 20.3 Å². The predicted octanol–water partition coefficient (Wildman–Crippen LogP) is 4.73. The molecule has 108 valence electrons. The maximum atomic E-state index is 11.4. The van der Waals surface area contributed by atoms with Gasteiger partial charge in [-0.3, -0.25) is 4.79 Å². The number of benzene rings is 1. The zero-order valence-electron chi connectivity index (χ0n) is 12.7. The Labute approximate surface area is 126 Å². The molecule has 0 saturated carbocycles. The quantitative estimate of drug-likeness (QED) is 0.580. The summed E-state index contributed by atoms with van der Waals surface area (Å²) in [5.41, 5.74) is 3.45. The van der Waals surface area contributed by atoms with Crippen LogP contribution in [-0.4, -0.2) is 18.9 Å². The van der Waals surface area contributed by atoms with Gasteiger partial charge in [0.2, 0.25) is 0 Å². The highest BCUT2D eigenvalue weighted by Crippen LogP contribution is 2.32. The van der Waals surface area contributed by atoms with Gasteiger partial charge in [0.1, 0.15) is 0 Å². The fourth-order valence-corrected chi connectivity index (χ4v) is 2.88. The van der Waals surface area contributed by atoms with E-state index in [-0.39, 0.29) is 11.2 Å². The van der Waals surface area contributed by atoms with Gasteiger partial charge in [-0.2, -0.15) is 0 Å². The van der Waals surface area contributed by atoms with Gasteiger partial charge in [-0.1, -0.05) is 44.0 Å². The molecule has 1 heterocycles. The van der Waals surface area contributed by atoms with Crippen molar-refractivity contribution < 1.29 is 4.79 Å². The Kier molecular flexibility index (Phi) is 4.24. The molecule has 3 heteroatoms. The summed E-state index contributed by atoms with van der Waals surface area (Å²) in [6.07, 6.45) is 3.39. The summed E-state index contributed by atoms with van der Waals surface area (Å²) < 4.78 is 0. The number of nitrogens with zero attached hydrogens (tertiary/aromatic N) is 1. The number of carbonyl (C=O) groups excluding carboxylic acids is 1. The Hall–Kier alpha value is -1.28. The van der Waals surface area contributed by atoms with Crippen LogP contribution >= 0.6 is 11.6 Å². The van der Waals surface area contributed by atoms with Gasteiger partial charge in [-0.15, -0.1) is 0 Å². The molecule has 1 aliphatic rings. The van der Waals surface area contributed by atoms with Gasteiger partial charge in [0.05, 0.1) is 5.02 Å². The molecule has 2 nitrogen and oxygen atoms in total. The molecular formula is C17H22ClNO. The molecule has 0 spiro atoms. The molecule has 0 fully saturated rings. The Morgan fingerprint density at radius 3 is 2.45 bits per heavy atom. The Morgan fingerprint density at radius 2 is 2.00 bits per heavy atom. The second-order valence-electron chi connectivity index (χ2n) is 6.40. The molecule has 0 bridgehead atoms. The second kappa shape index (κ2) is 5.61. The van der Waals surface area contributed by atoms with E-state index in [9.17, 15) is 4.79 Å². The van der Waals surface area contributed by atoms with Crippen molar-refractivity contribution in [1.82, 2.24) is 0 Å². The molecule has 0 aliphatic carbocycles. The zero-order valence-corrected chi connectivity index (χ0v) is 13.4. The Balaban J connectivity index is 2.17. The van der Waals surface area contributed by atoms with Crippen LogP contribution in [0.2, 0.25) is 5.02 Å². The highest BCUT2D eigenvalue weighted by Gasteiger charge is 2.21. The SMILES string of the molecule is CC(=O)c1ccc(N2CC=C(C(C)(C)C)CC2)cc1Cl. The van der Waals surface area contributed by atoms with E-state index in [1.54, 1.807) is 6.92 Å². The third-order valence-corrected chi connectivity index (χ3v) is 4.18. The van der Waals surface area contributed by atoms with E-state index in [4.69, 9.17) is 11.6 Å². The second-order valence-corrected chi connectivity index (χ2v) is 6.80. The van der Waals surface area contributed by atoms with Crippen molar-refractivity contribution >= 4 is 23.1 Å². The molecule has 2 rings (SSSR count). The van der Waals surface area contributed by atoms with Gasteiger partial charge < -0.3 is 4.90 Å². The average Bonchev–Trinajstić information content (AvgIpc) is 2.37. The third kappa shape index (κ3) is 3.24. The first-order valence-corrected chi connectivity index (χ1v) is 7.42. The number of hydrogen-bond donors (Lipinski definition) is 0. The van der Waals surface area contributed by atoms with Crippen LogP contribution in [0.15, 0.2) is 29.8 Å². The van der Waals surface area contributed by atoms with Crippen molar-refractivity contribution in [3.63, 3.8) is 0 Å². The summed E-state index contributed by atoms with van der Waals surface area (Å²) in [5, 5.41) is 0.542. The van der Waals surface area contributed by atoms with Gasteiger partial charge >= 0.3 is 0 Å². The minimum atomic E-state index is 0.00936. The fourth-order valence-electron chi connectivity index (χ4n) is 2.57.